The van der Waals surface area contributed by atoms with Crippen molar-refractivity contribution >= 4 is 5.91 Å². The van der Waals surface area contributed by atoms with Crippen molar-refractivity contribution in [2.24, 2.45) is 0 Å². The van der Waals surface area contributed by atoms with Gasteiger partial charge in [-0.25, -0.2) is 9.97 Å². The zero-order valence-corrected chi connectivity index (χ0v) is 16.2. The van der Waals surface area contributed by atoms with Crippen molar-refractivity contribution in [2.45, 2.75) is 57.6 Å². The first-order chi connectivity index (χ1) is 13.6. The van der Waals surface area contributed by atoms with Gasteiger partial charge in [-0.15, -0.1) is 0 Å². The van der Waals surface area contributed by atoms with Crippen LogP contribution in [0.4, 0.5) is 0 Å². The maximum Gasteiger partial charge on any atom is 0.254 e. The summed E-state index contributed by atoms with van der Waals surface area (Å²) >= 11 is 0. The zero-order valence-electron chi connectivity index (χ0n) is 16.2. The predicted octanol–water partition coefficient (Wildman–Crippen LogP) is 3.45. The zero-order chi connectivity index (χ0) is 19.5. The van der Waals surface area contributed by atoms with Crippen LogP contribution in [-0.2, 0) is 0 Å². The molecule has 1 aromatic carbocycles. The summed E-state index contributed by atoms with van der Waals surface area (Å²) in [7, 11) is 0. The summed E-state index contributed by atoms with van der Waals surface area (Å²) < 4.78 is 16.8. The molecule has 1 aromatic heterocycles. The molecule has 1 saturated carbocycles. The number of fused-ring (bicyclic) bond motifs is 1. The van der Waals surface area contributed by atoms with Crippen molar-refractivity contribution in [1.29, 1.82) is 0 Å². The maximum atomic E-state index is 12.4. The Balaban J connectivity index is 1.26. The molecule has 4 rings (SSSR count). The molecule has 0 atom stereocenters. The highest BCUT2D eigenvalue weighted by atomic mass is 16.7. The number of hydrogen-bond donors (Lipinski definition) is 1. The molecule has 28 heavy (non-hydrogen) atoms. The molecule has 1 fully saturated rings. The van der Waals surface area contributed by atoms with Gasteiger partial charge in [0, 0.05) is 30.4 Å². The van der Waals surface area contributed by atoms with E-state index in [-0.39, 0.29) is 30.8 Å². The van der Waals surface area contributed by atoms with Gasteiger partial charge in [-0.05, 0) is 37.8 Å². The van der Waals surface area contributed by atoms with E-state index in [0.29, 0.717) is 5.56 Å². The highest BCUT2D eigenvalue weighted by Crippen LogP contribution is 2.36. The van der Waals surface area contributed by atoms with Gasteiger partial charge in [-0.1, -0.05) is 13.8 Å². The van der Waals surface area contributed by atoms with Crippen molar-refractivity contribution in [3.05, 3.63) is 42.0 Å². The number of carbonyl (C=O) groups is 1. The van der Waals surface area contributed by atoms with Gasteiger partial charge in [-0.3, -0.25) is 4.79 Å². The number of carbonyl (C=O) groups excluding carboxylic acids is 1. The lowest BCUT2D eigenvalue weighted by molar-refractivity contribution is 0.0893. The van der Waals surface area contributed by atoms with Crippen LogP contribution in [0.3, 0.4) is 0 Å². The third kappa shape index (κ3) is 4.18. The number of benzene rings is 1. The molecule has 1 amide bonds. The van der Waals surface area contributed by atoms with E-state index in [9.17, 15) is 4.79 Å². The first-order valence-corrected chi connectivity index (χ1v) is 9.77. The molecule has 1 N–H and O–H groups in total. The summed E-state index contributed by atoms with van der Waals surface area (Å²) in [6, 6.07) is 5.80. The lowest BCUT2D eigenvalue weighted by Gasteiger charge is -2.29. The average molecular weight is 383 g/mol. The van der Waals surface area contributed by atoms with Gasteiger partial charge in [-0.2, -0.15) is 0 Å². The minimum atomic E-state index is -0.115. The Morgan fingerprint density at radius 1 is 1.11 bits per heavy atom. The minimum absolute atomic E-state index is 0.115. The molecule has 0 saturated heterocycles. The summed E-state index contributed by atoms with van der Waals surface area (Å²) in [6.07, 6.45) is 6.89. The molecular formula is C21H25N3O4. The standard InChI is InChI=1S/C21H25N3O4/c1-13(2)20-22-10-14(11-23-20)21(25)24-15-3-5-16(6-4-15)28-17-7-8-18-19(9-17)27-12-26-18/h7-11,13,15-16H,3-6,12H2,1-2H3,(H,24,25). The Bertz CT molecular complexity index is 830. The largest absolute Gasteiger partial charge is 0.490 e. The molecule has 7 heteroatoms. The Morgan fingerprint density at radius 2 is 1.82 bits per heavy atom. The third-order valence-electron chi connectivity index (χ3n) is 5.11. The molecule has 1 aliphatic carbocycles. The number of amides is 1. The fourth-order valence-corrected chi connectivity index (χ4v) is 3.49. The van der Waals surface area contributed by atoms with E-state index >= 15 is 0 Å². The van der Waals surface area contributed by atoms with Gasteiger partial charge in [0.05, 0.1) is 11.7 Å². The number of hydrogen-bond acceptors (Lipinski definition) is 6. The topological polar surface area (TPSA) is 82.6 Å². The van der Waals surface area contributed by atoms with Gasteiger partial charge in [0.1, 0.15) is 11.6 Å². The van der Waals surface area contributed by atoms with Crippen LogP contribution in [0.15, 0.2) is 30.6 Å². The first-order valence-electron chi connectivity index (χ1n) is 9.77. The molecule has 148 valence electrons. The monoisotopic (exact) mass is 383 g/mol. The number of ether oxygens (including phenoxy) is 3. The van der Waals surface area contributed by atoms with Crippen molar-refractivity contribution in [2.75, 3.05) is 6.79 Å². The molecule has 2 heterocycles. The van der Waals surface area contributed by atoms with E-state index in [1.165, 1.54) is 0 Å². The SMILES string of the molecule is CC(C)c1ncc(C(=O)NC2CCC(Oc3ccc4c(c3)OCO4)CC2)cn1. The van der Waals surface area contributed by atoms with Crippen LogP contribution in [0.5, 0.6) is 17.2 Å². The van der Waals surface area contributed by atoms with Gasteiger partial charge >= 0.3 is 0 Å². The summed E-state index contributed by atoms with van der Waals surface area (Å²) in [5, 5.41) is 3.09. The van der Waals surface area contributed by atoms with Crippen molar-refractivity contribution < 1.29 is 19.0 Å². The van der Waals surface area contributed by atoms with Crippen LogP contribution < -0.4 is 19.5 Å². The van der Waals surface area contributed by atoms with Crippen molar-refractivity contribution in [3.8, 4) is 17.2 Å². The van der Waals surface area contributed by atoms with Crippen LogP contribution >= 0.6 is 0 Å². The second kappa shape index (κ2) is 8.04. The van der Waals surface area contributed by atoms with Crippen LogP contribution in [0.2, 0.25) is 0 Å². The Kier molecular flexibility index (Phi) is 5.32. The van der Waals surface area contributed by atoms with E-state index in [0.717, 1.165) is 48.8 Å². The van der Waals surface area contributed by atoms with Crippen LogP contribution in [0.25, 0.3) is 0 Å². The quantitative estimate of drug-likeness (QED) is 0.852. The number of nitrogens with one attached hydrogen (secondary N) is 1. The highest BCUT2D eigenvalue weighted by Gasteiger charge is 2.25. The normalized spacial score (nSPS) is 20.8. The molecule has 7 nitrogen and oxygen atoms in total. The Labute approximate surface area is 164 Å². The number of nitrogens with zero attached hydrogens (tertiary/aromatic N) is 2. The van der Waals surface area contributed by atoms with Crippen LogP contribution in [0.1, 0.15) is 61.6 Å². The minimum Gasteiger partial charge on any atom is -0.490 e. The predicted molar refractivity (Wildman–Crippen MR) is 103 cm³/mol. The number of rotatable bonds is 5. The molecule has 0 radical (unpaired) electrons. The van der Waals surface area contributed by atoms with E-state index in [1.54, 1.807) is 12.4 Å². The lowest BCUT2D eigenvalue weighted by atomic mass is 9.92. The fourth-order valence-electron chi connectivity index (χ4n) is 3.49. The molecular weight excluding hydrogens is 358 g/mol. The van der Waals surface area contributed by atoms with Crippen LogP contribution in [0, 0.1) is 0 Å². The van der Waals surface area contributed by atoms with Crippen molar-refractivity contribution in [1.82, 2.24) is 15.3 Å². The molecule has 0 bridgehead atoms. The average Bonchev–Trinajstić information content (AvgIpc) is 3.17. The highest BCUT2D eigenvalue weighted by molar-refractivity contribution is 5.93. The van der Waals surface area contributed by atoms with Gasteiger partial charge < -0.3 is 19.5 Å². The molecule has 1 aliphatic heterocycles. The van der Waals surface area contributed by atoms with Gasteiger partial charge in [0.2, 0.25) is 6.79 Å². The third-order valence-corrected chi connectivity index (χ3v) is 5.11. The first kappa shape index (κ1) is 18.5. The van der Waals surface area contributed by atoms with E-state index in [4.69, 9.17) is 14.2 Å². The molecule has 0 spiro atoms. The molecule has 2 aromatic rings. The Morgan fingerprint density at radius 3 is 2.54 bits per heavy atom. The molecule has 0 unspecified atom stereocenters. The summed E-state index contributed by atoms with van der Waals surface area (Å²) in [5.74, 6) is 3.15. The van der Waals surface area contributed by atoms with Gasteiger partial charge in [0.25, 0.3) is 5.91 Å². The number of aromatic nitrogens is 2. The van der Waals surface area contributed by atoms with Crippen molar-refractivity contribution in [3.63, 3.8) is 0 Å². The smallest absolute Gasteiger partial charge is 0.254 e. The summed E-state index contributed by atoms with van der Waals surface area (Å²) in [5.41, 5.74) is 0.503. The van der Waals surface area contributed by atoms with Crippen LogP contribution in [-0.4, -0.2) is 34.8 Å². The molecule has 2 aliphatic rings. The second-order valence-electron chi connectivity index (χ2n) is 7.56. The summed E-state index contributed by atoms with van der Waals surface area (Å²) in [4.78, 5) is 21.0. The van der Waals surface area contributed by atoms with E-state index in [1.807, 2.05) is 32.0 Å². The lowest BCUT2D eigenvalue weighted by Crippen LogP contribution is -2.39. The summed E-state index contributed by atoms with van der Waals surface area (Å²) in [6.45, 7) is 4.31. The Hall–Kier alpha value is -2.83. The van der Waals surface area contributed by atoms with E-state index < -0.39 is 0 Å². The second-order valence-corrected chi connectivity index (χ2v) is 7.56. The maximum absolute atomic E-state index is 12.4. The van der Waals surface area contributed by atoms with Gasteiger partial charge in [0.15, 0.2) is 11.5 Å². The van der Waals surface area contributed by atoms with E-state index in [2.05, 4.69) is 15.3 Å². The fraction of sp³-hybridized carbons (Fsp3) is 0.476.